The zero-order valence-corrected chi connectivity index (χ0v) is 12.3. The van der Waals surface area contributed by atoms with E-state index in [0.717, 1.165) is 19.2 Å². The van der Waals surface area contributed by atoms with Gasteiger partial charge in [0, 0.05) is 24.8 Å². The number of imidazole rings is 1. The topological polar surface area (TPSA) is 37.9 Å². The third-order valence-corrected chi connectivity index (χ3v) is 3.74. The van der Waals surface area contributed by atoms with Crippen LogP contribution in [0.5, 0.6) is 0 Å². The molecular weight excluding hydrogens is 331 g/mol. The quantitative estimate of drug-likeness (QED) is 0.721. The lowest BCUT2D eigenvalue weighted by Crippen LogP contribution is -2.46. The minimum atomic E-state index is -4.87. The molecule has 0 aliphatic heterocycles. The summed E-state index contributed by atoms with van der Waals surface area (Å²) in [6.07, 6.45) is -4.87. The Balaban J connectivity index is 2.31. The molecule has 0 aliphatic carbocycles. The molecule has 3 nitrogen and oxygen atoms in total. The zero-order valence-electron chi connectivity index (χ0n) is 12.3. The number of H-pyrrole nitrogens is 1. The van der Waals surface area contributed by atoms with Crippen LogP contribution in [-0.4, -0.2) is 23.3 Å². The largest absolute Gasteiger partial charge is 0.429 e. The smallest absolute Gasteiger partial charge is 0.358 e. The van der Waals surface area contributed by atoms with E-state index in [9.17, 15) is 22.0 Å². The van der Waals surface area contributed by atoms with E-state index < -0.39 is 29.2 Å². The van der Waals surface area contributed by atoms with Crippen LogP contribution in [0.2, 0.25) is 0 Å². The third kappa shape index (κ3) is 2.34. The Morgan fingerprint density at radius 2 is 1.62 bits per heavy atom. The van der Waals surface area contributed by atoms with E-state index >= 15 is 0 Å². The van der Waals surface area contributed by atoms with Gasteiger partial charge in [0.2, 0.25) is 5.60 Å². The van der Waals surface area contributed by atoms with Gasteiger partial charge in [0.25, 0.3) is 0 Å². The number of rotatable bonds is 3. The fourth-order valence-electron chi connectivity index (χ4n) is 2.61. The lowest BCUT2D eigenvalue weighted by atomic mass is 9.92. The van der Waals surface area contributed by atoms with Crippen molar-refractivity contribution in [1.29, 1.82) is 0 Å². The lowest BCUT2D eigenvalue weighted by Gasteiger charge is -2.32. The Kier molecular flexibility index (Phi) is 3.79. The second-order valence-electron chi connectivity index (χ2n) is 5.12. The van der Waals surface area contributed by atoms with Crippen molar-refractivity contribution in [3.63, 3.8) is 0 Å². The monoisotopic (exact) mass is 342 g/mol. The zero-order chi connectivity index (χ0) is 17.5. The number of fused-ring (bicyclic) bond motifs is 1. The molecule has 0 radical (unpaired) electrons. The van der Waals surface area contributed by atoms with Crippen LogP contribution in [0.1, 0.15) is 11.4 Å². The van der Waals surface area contributed by atoms with Crippen LogP contribution in [0.15, 0.2) is 42.5 Å². The van der Waals surface area contributed by atoms with Crippen molar-refractivity contribution in [3.8, 4) is 0 Å². The van der Waals surface area contributed by atoms with Gasteiger partial charge in [0.15, 0.2) is 17.5 Å². The highest BCUT2D eigenvalue weighted by atomic mass is 19.4. The fraction of sp³-hybridized carbons (Fsp3) is 0.188. The number of ether oxygens (including phenoxy) is 1. The molecule has 2 aromatic carbocycles. The fourth-order valence-corrected chi connectivity index (χ4v) is 2.61. The van der Waals surface area contributed by atoms with Gasteiger partial charge in [-0.2, -0.15) is 13.2 Å². The first kappa shape index (κ1) is 16.4. The minimum Gasteiger partial charge on any atom is -0.358 e. The molecule has 126 valence electrons. The summed E-state index contributed by atoms with van der Waals surface area (Å²) in [6, 6.07) is 8.38. The van der Waals surface area contributed by atoms with Crippen molar-refractivity contribution in [1.82, 2.24) is 9.97 Å². The highest BCUT2D eigenvalue weighted by molar-refractivity contribution is 5.75. The summed E-state index contributed by atoms with van der Waals surface area (Å²) in [7, 11) is 0.898. The number of hydrogen-bond donors (Lipinski definition) is 1. The van der Waals surface area contributed by atoms with Crippen LogP contribution in [0, 0.1) is 11.6 Å². The minimum absolute atomic E-state index is 0.0643. The van der Waals surface area contributed by atoms with Crippen molar-refractivity contribution in [2.45, 2.75) is 11.8 Å². The normalized spacial score (nSPS) is 14.8. The Bertz CT molecular complexity index is 836. The molecule has 3 rings (SSSR count). The maximum Gasteiger partial charge on any atom is 0.429 e. The van der Waals surface area contributed by atoms with E-state index in [1.165, 1.54) is 24.3 Å². The van der Waals surface area contributed by atoms with E-state index in [-0.39, 0.29) is 16.6 Å². The summed E-state index contributed by atoms with van der Waals surface area (Å²) in [5.74, 6) is -2.99. The number of halogens is 5. The molecule has 0 amide bonds. The molecule has 0 saturated heterocycles. The summed E-state index contributed by atoms with van der Waals surface area (Å²) in [4.78, 5) is 6.19. The number of aromatic nitrogens is 2. The highest BCUT2D eigenvalue weighted by Gasteiger charge is 2.60. The SMILES string of the molecule is CO[C@@](c1ccccc1)(c1nc2cc(F)c(F)cc2[nH]1)C(F)(F)F. The Labute approximate surface area is 133 Å². The standard InChI is InChI=1S/C16H11F5N2O/c1-24-15(16(19,20)21,9-5-3-2-4-6-9)14-22-12-7-10(17)11(18)8-13(12)23-14/h2-8H,1H3,(H,22,23)/t15-/m0/s1. The molecule has 3 aromatic rings. The van der Waals surface area contributed by atoms with Gasteiger partial charge >= 0.3 is 6.18 Å². The average Bonchev–Trinajstić information content (AvgIpc) is 2.91. The van der Waals surface area contributed by atoms with Gasteiger partial charge in [-0.05, 0) is 0 Å². The molecule has 8 heteroatoms. The maximum atomic E-state index is 13.9. The number of methoxy groups -OCH3 is 1. The Morgan fingerprint density at radius 1 is 1.00 bits per heavy atom. The molecular formula is C16H11F5N2O. The molecule has 0 unspecified atom stereocenters. The Hall–Kier alpha value is -2.48. The number of alkyl halides is 3. The van der Waals surface area contributed by atoms with Gasteiger partial charge in [-0.25, -0.2) is 13.8 Å². The second kappa shape index (κ2) is 5.55. The first-order valence-electron chi connectivity index (χ1n) is 6.82. The summed E-state index contributed by atoms with van der Waals surface area (Å²) < 4.78 is 73.2. The van der Waals surface area contributed by atoms with Crippen molar-refractivity contribution in [2.75, 3.05) is 7.11 Å². The molecule has 0 saturated carbocycles. The predicted octanol–water partition coefficient (Wildman–Crippen LogP) is 4.29. The molecule has 0 aliphatic rings. The van der Waals surface area contributed by atoms with Crippen LogP contribution >= 0.6 is 0 Å². The summed E-state index contributed by atoms with van der Waals surface area (Å²) in [5.41, 5.74) is -3.30. The van der Waals surface area contributed by atoms with E-state index in [0.29, 0.717) is 0 Å². The highest BCUT2D eigenvalue weighted by Crippen LogP contribution is 2.46. The number of aromatic amines is 1. The third-order valence-electron chi connectivity index (χ3n) is 3.74. The van der Waals surface area contributed by atoms with Crippen LogP contribution in [0.3, 0.4) is 0 Å². The van der Waals surface area contributed by atoms with Crippen LogP contribution in [-0.2, 0) is 10.3 Å². The predicted molar refractivity (Wildman–Crippen MR) is 76.3 cm³/mol. The first-order valence-corrected chi connectivity index (χ1v) is 6.82. The number of nitrogens with one attached hydrogen (secondary N) is 1. The molecule has 1 N–H and O–H groups in total. The second-order valence-corrected chi connectivity index (χ2v) is 5.12. The van der Waals surface area contributed by atoms with Crippen molar-refractivity contribution in [2.24, 2.45) is 0 Å². The van der Waals surface area contributed by atoms with Crippen molar-refractivity contribution < 1.29 is 26.7 Å². The van der Waals surface area contributed by atoms with Crippen LogP contribution < -0.4 is 0 Å². The Morgan fingerprint density at radius 3 is 2.21 bits per heavy atom. The van der Waals surface area contributed by atoms with E-state index in [1.54, 1.807) is 6.07 Å². The number of hydrogen-bond acceptors (Lipinski definition) is 2. The van der Waals surface area contributed by atoms with Gasteiger partial charge < -0.3 is 9.72 Å². The maximum absolute atomic E-state index is 13.9. The lowest BCUT2D eigenvalue weighted by molar-refractivity contribution is -0.261. The molecule has 1 atom stereocenters. The van der Waals surface area contributed by atoms with Gasteiger partial charge in [0.1, 0.15) is 0 Å². The van der Waals surface area contributed by atoms with Crippen molar-refractivity contribution >= 4 is 11.0 Å². The van der Waals surface area contributed by atoms with Crippen LogP contribution in [0.4, 0.5) is 22.0 Å². The summed E-state index contributed by atoms with van der Waals surface area (Å²) in [5, 5.41) is 0. The van der Waals surface area contributed by atoms with Gasteiger partial charge in [-0.15, -0.1) is 0 Å². The number of nitrogens with zero attached hydrogens (tertiary/aromatic N) is 1. The molecule has 1 aromatic heterocycles. The molecule has 0 bridgehead atoms. The molecule has 24 heavy (non-hydrogen) atoms. The van der Waals surface area contributed by atoms with Gasteiger partial charge in [-0.3, -0.25) is 0 Å². The average molecular weight is 342 g/mol. The van der Waals surface area contributed by atoms with E-state index in [1.807, 2.05) is 0 Å². The van der Waals surface area contributed by atoms with Crippen molar-refractivity contribution in [3.05, 3.63) is 65.5 Å². The summed E-state index contributed by atoms with van der Waals surface area (Å²) >= 11 is 0. The molecule has 1 heterocycles. The van der Waals surface area contributed by atoms with E-state index in [2.05, 4.69) is 9.97 Å². The van der Waals surface area contributed by atoms with E-state index in [4.69, 9.17) is 4.74 Å². The first-order chi connectivity index (χ1) is 11.3. The molecule has 0 fully saturated rings. The van der Waals surface area contributed by atoms with Crippen LogP contribution in [0.25, 0.3) is 11.0 Å². The summed E-state index contributed by atoms with van der Waals surface area (Å²) in [6.45, 7) is 0. The number of benzene rings is 2. The van der Waals surface area contributed by atoms with Gasteiger partial charge in [-0.1, -0.05) is 30.3 Å². The van der Waals surface area contributed by atoms with Gasteiger partial charge in [0.05, 0.1) is 11.0 Å². The molecule has 0 spiro atoms.